The highest BCUT2D eigenvalue weighted by Crippen LogP contribution is 2.17. The van der Waals surface area contributed by atoms with E-state index in [1.54, 1.807) is 12.1 Å². The highest BCUT2D eigenvalue weighted by Gasteiger charge is 2.19. The van der Waals surface area contributed by atoms with E-state index in [0.29, 0.717) is 5.69 Å². The Bertz CT molecular complexity index is 807. The van der Waals surface area contributed by atoms with Gasteiger partial charge in [0.15, 0.2) is 12.7 Å². The molecule has 0 radical (unpaired) electrons. The number of primary amides is 1. The predicted octanol–water partition coefficient (Wildman–Crippen LogP) is 1.87. The lowest BCUT2D eigenvalue weighted by atomic mass is 10.2. The van der Waals surface area contributed by atoms with Gasteiger partial charge in [0, 0.05) is 5.69 Å². The Labute approximate surface area is 148 Å². The molecule has 3 N–H and O–H groups in total. The Morgan fingerprint density at radius 1 is 1.12 bits per heavy atom. The number of carbonyl (C=O) groups excluding carboxylic acids is 3. The number of carbonyl (C=O) groups is 3. The van der Waals surface area contributed by atoms with E-state index < -0.39 is 36.3 Å². The molecule has 26 heavy (non-hydrogen) atoms. The van der Waals surface area contributed by atoms with Crippen molar-refractivity contribution in [1.29, 1.82) is 0 Å². The van der Waals surface area contributed by atoms with Crippen LogP contribution in [-0.2, 0) is 14.3 Å². The summed E-state index contributed by atoms with van der Waals surface area (Å²) in [7, 11) is 0. The summed E-state index contributed by atoms with van der Waals surface area (Å²) in [6.07, 6.45) is -1.09. The van der Waals surface area contributed by atoms with Crippen molar-refractivity contribution in [2.75, 3.05) is 11.9 Å². The van der Waals surface area contributed by atoms with Crippen molar-refractivity contribution in [1.82, 2.24) is 0 Å². The molecule has 0 bridgehead atoms. The van der Waals surface area contributed by atoms with Crippen molar-refractivity contribution < 1.29 is 28.2 Å². The number of hydrogen-bond acceptors (Lipinski definition) is 5. The fourth-order valence-corrected chi connectivity index (χ4v) is 1.99. The fraction of sp³-hybridized carbons (Fsp3) is 0.167. The second-order valence-corrected chi connectivity index (χ2v) is 5.28. The number of esters is 1. The quantitative estimate of drug-likeness (QED) is 0.733. The molecule has 0 aliphatic carbocycles. The number of anilines is 1. The minimum absolute atomic E-state index is 0.127. The van der Waals surface area contributed by atoms with Crippen LogP contribution in [0, 0.1) is 5.82 Å². The molecule has 0 saturated carbocycles. The van der Waals surface area contributed by atoms with Gasteiger partial charge in [0.2, 0.25) is 0 Å². The van der Waals surface area contributed by atoms with Gasteiger partial charge in [-0.2, -0.15) is 0 Å². The first kappa shape index (κ1) is 18.9. The van der Waals surface area contributed by atoms with Crippen molar-refractivity contribution in [3.8, 4) is 5.75 Å². The summed E-state index contributed by atoms with van der Waals surface area (Å²) in [5.74, 6) is -2.37. The van der Waals surface area contributed by atoms with E-state index in [2.05, 4.69) is 5.32 Å². The van der Waals surface area contributed by atoms with E-state index in [1.807, 2.05) is 0 Å². The zero-order valence-electron chi connectivity index (χ0n) is 13.9. The van der Waals surface area contributed by atoms with Gasteiger partial charge < -0.3 is 20.5 Å². The van der Waals surface area contributed by atoms with Gasteiger partial charge in [-0.3, -0.25) is 9.59 Å². The first-order valence-electron chi connectivity index (χ1n) is 7.64. The Balaban J connectivity index is 1.86. The fourth-order valence-electron chi connectivity index (χ4n) is 1.99. The number of nitrogens with two attached hydrogens (primary N) is 1. The largest absolute Gasteiger partial charge is 0.481 e. The summed E-state index contributed by atoms with van der Waals surface area (Å²) >= 11 is 0. The van der Waals surface area contributed by atoms with E-state index >= 15 is 0 Å². The predicted molar refractivity (Wildman–Crippen MR) is 91.0 cm³/mol. The van der Waals surface area contributed by atoms with Crippen LogP contribution in [-0.4, -0.2) is 30.5 Å². The topological polar surface area (TPSA) is 108 Å². The Hall–Kier alpha value is -3.42. The highest BCUT2D eigenvalue weighted by atomic mass is 19.1. The lowest BCUT2D eigenvalue weighted by Crippen LogP contribution is -2.31. The van der Waals surface area contributed by atoms with Crippen LogP contribution in [0.2, 0.25) is 0 Å². The number of hydrogen-bond donors (Lipinski definition) is 2. The molecule has 2 aromatic rings. The molecule has 0 aliphatic heterocycles. The molecule has 0 spiro atoms. The maximum atomic E-state index is 12.8. The molecule has 2 amide bonds. The Kier molecular flexibility index (Phi) is 6.26. The van der Waals surface area contributed by atoms with Crippen LogP contribution in [0.3, 0.4) is 0 Å². The van der Waals surface area contributed by atoms with Gasteiger partial charge in [0.05, 0.1) is 5.56 Å². The van der Waals surface area contributed by atoms with Crippen LogP contribution in [0.25, 0.3) is 0 Å². The molecular weight excluding hydrogens is 343 g/mol. The van der Waals surface area contributed by atoms with Crippen molar-refractivity contribution in [3.63, 3.8) is 0 Å². The van der Waals surface area contributed by atoms with Crippen molar-refractivity contribution in [2.45, 2.75) is 13.0 Å². The monoisotopic (exact) mass is 360 g/mol. The molecule has 8 heteroatoms. The summed E-state index contributed by atoms with van der Waals surface area (Å²) in [4.78, 5) is 35.1. The number of para-hydroxylation sites is 1. The van der Waals surface area contributed by atoms with Crippen molar-refractivity contribution in [3.05, 3.63) is 59.9 Å². The first-order chi connectivity index (χ1) is 12.4. The third-order valence-corrected chi connectivity index (χ3v) is 3.29. The normalized spacial score (nSPS) is 11.3. The van der Waals surface area contributed by atoms with Crippen LogP contribution >= 0.6 is 0 Å². The van der Waals surface area contributed by atoms with Crippen LogP contribution in [0.4, 0.5) is 10.1 Å². The van der Waals surface area contributed by atoms with Crippen LogP contribution in [0.1, 0.15) is 17.3 Å². The summed E-state index contributed by atoms with van der Waals surface area (Å²) < 4.78 is 23.0. The number of nitrogens with one attached hydrogen (secondary N) is 1. The number of amides is 2. The molecule has 1 atom stereocenters. The molecule has 0 fully saturated rings. The molecule has 0 unspecified atom stereocenters. The lowest BCUT2D eigenvalue weighted by Gasteiger charge is -2.14. The zero-order valence-corrected chi connectivity index (χ0v) is 13.9. The van der Waals surface area contributed by atoms with Gasteiger partial charge in [-0.25, -0.2) is 9.18 Å². The molecule has 0 aromatic heterocycles. The number of rotatable bonds is 7. The standard InChI is InChI=1S/C18H17FN2O5/c1-11(18(24)21-13-8-6-12(19)7-9-13)26-16(22)10-25-15-5-3-2-4-14(15)17(20)23/h2-9,11H,10H2,1H3,(H2,20,23)(H,21,24)/t11-/m0/s1. The second-order valence-electron chi connectivity index (χ2n) is 5.28. The second kappa shape index (κ2) is 8.61. The average Bonchev–Trinajstić information content (AvgIpc) is 2.62. The Morgan fingerprint density at radius 2 is 1.77 bits per heavy atom. The minimum atomic E-state index is -1.09. The first-order valence-corrected chi connectivity index (χ1v) is 7.64. The van der Waals surface area contributed by atoms with Crippen molar-refractivity contribution in [2.24, 2.45) is 5.73 Å². The van der Waals surface area contributed by atoms with Crippen LogP contribution in [0.5, 0.6) is 5.75 Å². The van der Waals surface area contributed by atoms with Crippen LogP contribution < -0.4 is 15.8 Å². The molecule has 2 aromatic carbocycles. The molecule has 0 aliphatic rings. The number of ether oxygens (including phenoxy) is 2. The SMILES string of the molecule is C[C@H](OC(=O)COc1ccccc1C(N)=O)C(=O)Nc1ccc(F)cc1. The van der Waals surface area contributed by atoms with Crippen molar-refractivity contribution >= 4 is 23.5 Å². The Morgan fingerprint density at radius 3 is 2.42 bits per heavy atom. The minimum Gasteiger partial charge on any atom is -0.481 e. The van der Waals surface area contributed by atoms with Gasteiger partial charge in [0.1, 0.15) is 11.6 Å². The summed E-state index contributed by atoms with van der Waals surface area (Å²) in [6, 6.07) is 11.3. The molecule has 2 rings (SSSR count). The van der Waals surface area contributed by atoms with Gasteiger partial charge in [0.25, 0.3) is 11.8 Å². The highest BCUT2D eigenvalue weighted by molar-refractivity contribution is 5.96. The zero-order chi connectivity index (χ0) is 19.1. The summed E-state index contributed by atoms with van der Waals surface area (Å²) in [6.45, 7) is 0.882. The van der Waals surface area contributed by atoms with Gasteiger partial charge in [-0.15, -0.1) is 0 Å². The number of halogens is 1. The van der Waals surface area contributed by atoms with E-state index in [-0.39, 0.29) is 11.3 Å². The van der Waals surface area contributed by atoms with Gasteiger partial charge in [-0.1, -0.05) is 12.1 Å². The molecular formula is C18H17FN2O5. The molecule has 0 saturated heterocycles. The lowest BCUT2D eigenvalue weighted by molar-refractivity contribution is -0.155. The number of benzene rings is 2. The van der Waals surface area contributed by atoms with E-state index in [1.165, 1.54) is 43.3 Å². The molecule has 7 nitrogen and oxygen atoms in total. The van der Waals surface area contributed by atoms with Gasteiger partial charge in [-0.05, 0) is 43.3 Å². The third kappa shape index (κ3) is 5.30. The van der Waals surface area contributed by atoms with E-state index in [4.69, 9.17) is 15.2 Å². The smallest absolute Gasteiger partial charge is 0.344 e. The van der Waals surface area contributed by atoms with Crippen LogP contribution in [0.15, 0.2) is 48.5 Å². The maximum Gasteiger partial charge on any atom is 0.344 e. The van der Waals surface area contributed by atoms with E-state index in [9.17, 15) is 18.8 Å². The third-order valence-electron chi connectivity index (χ3n) is 3.29. The molecule has 136 valence electrons. The summed E-state index contributed by atoms with van der Waals surface area (Å²) in [5, 5.41) is 2.49. The average molecular weight is 360 g/mol. The van der Waals surface area contributed by atoms with Gasteiger partial charge >= 0.3 is 5.97 Å². The molecule has 0 heterocycles. The summed E-state index contributed by atoms with van der Waals surface area (Å²) in [5.41, 5.74) is 5.71. The maximum absolute atomic E-state index is 12.8. The van der Waals surface area contributed by atoms with E-state index in [0.717, 1.165) is 0 Å².